The highest BCUT2D eigenvalue weighted by Crippen LogP contribution is 2.25. The Morgan fingerprint density at radius 1 is 0.912 bits per heavy atom. The number of aromatic nitrogens is 2. The Hall–Kier alpha value is -3.45. The molecular formula is C27H32N4O3. The molecule has 1 fully saturated rings. The van der Waals surface area contributed by atoms with Gasteiger partial charge in [0.2, 0.25) is 0 Å². The van der Waals surface area contributed by atoms with Gasteiger partial charge in [0.05, 0.1) is 19.9 Å². The van der Waals surface area contributed by atoms with Gasteiger partial charge in [-0.2, -0.15) is 0 Å². The minimum atomic E-state index is 0.0742. The van der Waals surface area contributed by atoms with Crippen molar-refractivity contribution < 1.29 is 14.3 Å². The van der Waals surface area contributed by atoms with Crippen LogP contribution in [0, 0.1) is 0 Å². The molecule has 1 aromatic heterocycles. The molecule has 1 saturated heterocycles. The van der Waals surface area contributed by atoms with Crippen molar-refractivity contribution in [3.63, 3.8) is 0 Å². The van der Waals surface area contributed by atoms with Crippen LogP contribution in [-0.2, 0) is 24.1 Å². The van der Waals surface area contributed by atoms with E-state index in [0.29, 0.717) is 17.9 Å². The average molecular weight is 461 g/mol. The summed E-state index contributed by atoms with van der Waals surface area (Å²) in [5.74, 6) is 1.42. The third-order valence-electron chi connectivity index (χ3n) is 6.20. The van der Waals surface area contributed by atoms with Gasteiger partial charge in [0, 0.05) is 68.5 Å². The van der Waals surface area contributed by atoms with E-state index in [4.69, 9.17) is 9.47 Å². The number of hydrogen-bond acceptors (Lipinski definition) is 7. The minimum absolute atomic E-state index is 0.0742. The van der Waals surface area contributed by atoms with E-state index in [9.17, 15) is 4.79 Å². The highest BCUT2D eigenvalue weighted by atomic mass is 16.5. The summed E-state index contributed by atoms with van der Waals surface area (Å²) >= 11 is 0. The van der Waals surface area contributed by atoms with E-state index in [1.54, 1.807) is 26.6 Å². The number of rotatable bonds is 9. The molecule has 0 atom stereocenters. The maximum Gasteiger partial charge on any atom is 0.143 e. The van der Waals surface area contributed by atoms with Crippen molar-refractivity contribution in [2.45, 2.75) is 19.3 Å². The van der Waals surface area contributed by atoms with Crippen molar-refractivity contribution in [1.29, 1.82) is 0 Å². The second-order valence-corrected chi connectivity index (χ2v) is 8.71. The molecule has 0 N–H and O–H groups in total. The predicted molar refractivity (Wildman–Crippen MR) is 133 cm³/mol. The summed E-state index contributed by atoms with van der Waals surface area (Å²) in [7, 11) is 5.37. The molecule has 0 unspecified atom stereocenters. The number of likely N-dealkylation sites (N-methyl/N-ethyl adjacent to an activating group) is 1. The van der Waals surface area contributed by atoms with E-state index in [1.807, 2.05) is 18.2 Å². The summed E-state index contributed by atoms with van der Waals surface area (Å²) in [6.07, 6.45) is 2.79. The molecule has 4 rings (SSSR count). The van der Waals surface area contributed by atoms with Gasteiger partial charge in [-0.05, 0) is 36.9 Å². The lowest BCUT2D eigenvalue weighted by Crippen LogP contribution is -2.44. The van der Waals surface area contributed by atoms with Gasteiger partial charge >= 0.3 is 0 Å². The Kier molecular flexibility index (Phi) is 7.75. The highest BCUT2D eigenvalue weighted by molar-refractivity contribution is 5.83. The normalized spacial score (nSPS) is 14.1. The number of methoxy groups -OCH3 is 2. The van der Waals surface area contributed by atoms with Crippen LogP contribution in [0.5, 0.6) is 11.5 Å². The van der Waals surface area contributed by atoms with Crippen LogP contribution >= 0.6 is 0 Å². The molecule has 7 heteroatoms. The molecule has 0 aliphatic carbocycles. The molecule has 178 valence electrons. The lowest BCUT2D eigenvalue weighted by molar-refractivity contribution is -0.117. The maximum absolute atomic E-state index is 12.8. The van der Waals surface area contributed by atoms with Crippen molar-refractivity contribution in [3.05, 3.63) is 77.4 Å². The number of ketones is 1. The van der Waals surface area contributed by atoms with Crippen molar-refractivity contribution in [2.24, 2.45) is 0 Å². The van der Waals surface area contributed by atoms with Crippen LogP contribution in [-0.4, -0.2) is 68.1 Å². The van der Waals surface area contributed by atoms with Gasteiger partial charge in [-0.3, -0.25) is 4.79 Å². The van der Waals surface area contributed by atoms with Gasteiger partial charge in [-0.15, -0.1) is 0 Å². The molecular weight excluding hydrogens is 428 g/mol. The first-order valence-electron chi connectivity index (χ1n) is 11.6. The summed E-state index contributed by atoms with van der Waals surface area (Å²) in [4.78, 5) is 26.3. The molecule has 2 heterocycles. The van der Waals surface area contributed by atoms with Crippen LogP contribution in [0.1, 0.15) is 22.5 Å². The van der Waals surface area contributed by atoms with E-state index < -0.39 is 0 Å². The van der Waals surface area contributed by atoms with E-state index in [0.717, 1.165) is 43.1 Å². The Morgan fingerprint density at radius 3 is 2.47 bits per heavy atom. The summed E-state index contributed by atoms with van der Waals surface area (Å²) in [6.45, 7) is 4.24. The number of Topliss-reactive ketones (excluding diaryl/α,β-unsaturated/α-hetero) is 1. The van der Waals surface area contributed by atoms with Gasteiger partial charge in [0.15, 0.2) is 0 Å². The largest absolute Gasteiger partial charge is 0.497 e. The zero-order valence-corrected chi connectivity index (χ0v) is 20.2. The van der Waals surface area contributed by atoms with Crippen LogP contribution in [0.3, 0.4) is 0 Å². The first-order valence-corrected chi connectivity index (χ1v) is 11.6. The minimum Gasteiger partial charge on any atom is -0.497 e. The van der Waals surface area contributed by atoms with Gasteiger partial charge in [-0.25, -0.2) is 9.97 Å². The summed E-state index contributed by atoms with van der Waals surface area (Å²) in [5.41, 5.74) is 4.94. The zero-order chi connectivity index (χ0) is 23.9. The molecule has 34 heavy (non-hydrogen) atoms. The highest BCUT2D eigenvalue weighted by Gasteiger charge is 2.15. The van der Waals surface area contributed by atoms with Crippen LogP contribution in [0.4, 0.5) is 5.69 Å². The number of ether oxygens (including phenoxy) is 2. The van der Waals surface area contributed by atoms with Crippen LogP contribution in [0.15, 0.2) is 54.9 Å². The summed E-state index contributed by atoms with van der Waals surface area (Å²) in [5, 5.41) is 0. The molecule has 0 radical (unpaired) electrons. The van der Waals surface area contributed by atoms with Gasteiger partial charge in [-0.1, -0.05) is 18.2 Å². The van der Waals surface area contributed by atoms with Crippen LogP contribution in [0.2, 0.25) is 0 Å². The third kappa shape index (κ3) is 6.11. The molecule has 2 aromatic carbocycles. The smallest absolute Gasteiger partial charge is 0.143 e. The number of carbonyl (C=O) groups excluding carboxylic acids is 1. The maximum atomic E-state index is 12.8. The number of piperazine rings is 1. The first kappa shape index (κ1) is 23.7. The van der Waals surface area contributed by atoms with Crippen molar-refractivity contribution in [2.75, 3.05) is 52.3 Å². The predicted octanol–water partition coefficient (Wildman–Crippen LogP) is 3.19. The summed E-state index contributed by atoms with van der Waals surface area (Å²) in [6, 6.07) is 16.1. The summed E-state index contributed by atoms with van der Waals surface area (Å²) < 4.78 is 10.7. The SMILES string of the molecule is COc1ccc(CC(=O)Cc2cc(Cc3cccc(N4CCN(C)CC4)c3)ncn2)c(OC)c1. The Bertz CT molecular complexity index is 1130. The number of benzene rings is 2. The standard InChI is InChI=1S/C27H32N4O3/c1-30-9-11-31(12-10-30)24-6-4-5-20(14-24)13-22-16-23(29-19-28-22)17-25(32)15-21-7-8-26(33-2)18-27(21)34-3/h4-8,14,16,18-19H,9-13,15,17H2,1-3H3. The third-order valence-corrected chi connectivity index (χ3v) is 6.20. The molecule has 1 aliphatic heterocycles. The molecule has 0 saturated carbocycles. The van der Waals surface area contributed by atoms with E-state index >= 15 is 0 Å². The lowest BCUT2D eigenvalue weighted by Gasteiger charge is -2.34. The second kappa shape index (κ2) is 11.1. The average Bonchev–Trinajstić information content (AvgIpc) is 2.85. The zero-order valence-electron chi connectivity index (χ0n) is 20.2. The number of carbonyl (C=O) groups is 1. The lowest BCUT2D eigenvalue weighted by atomic mass is 10.0. The van der Waals surface area contributed by atoms with E-state index in [2.05, 4.69) is 51.1 Å². The second-order valence-electron chi connectivity index (χ2n) is 8.71. The van der Waals surface area contributed by atoms with Gasteiger partial charge in [0.25, 0.3) is 0 Å². The van der Waals surface area contributed by atoms with Crippen LogP contribution in [0.25, 0.3) is 0 Å². The molecule has 7 nitrogen and oxygen atoms in total. The van der Waals surface area contributed by atoms with Gasteiger partial charge in [0.1, 0.15) is 23.6 Å². The Labute approximate surface area is 201 Å². The molecule has 3 aromatic rings. The molecule has 0 bridgehead atoms. The van der Waals surface area contributed by atoms with Crippen molar-refractivity contribution in [3.8, 4) is 11.5 Å². The van der Waals surface area contributed by atoms with Crippen molar-refractivity contribution >= 4 is 11.5 Å². The fourth-order valence-corrected chi connectivity index (χ4v) is 4.25. The van der Waals surface area contributed by atoms with Crippen molar-refractivity contribution in [1.82, 2.24) is 14.9 Å². The fourth-order valence-electron chi connectivity index (χ4n) is 4.25. The van der Waals surface area contributed by atoms with E-state index in [-0.39, 0.29) is 18.6 Å². The molecule has 0 spiro atoms. The monoisotopic (exact) mass is 460 g/mol. The number of anilines is 1. The topological polar surface area (TPSA) is 67.8 Å². The quantitative estimate of drug-likeness (QED) is 0.486. The van der Waals surface area contributed by atoms with Crippen LogP contribution < -0.4 is 14.4 Å². The molecule has 0 amide bonds. The fraction of sp³-hybridized carbons (Fsp3) is 0.370. The Balaban J connectivity index is 1.40. The van der Waals surface area contributed by atoms with E-state index in [1.165, 1.54) is 11.3 Å². The van der Waals surface area contributed by atoms with Gasteiger partial charge < -0.3 is 19.3 Å². The molecule has 1 aliphatic rings. The Morgan fingerprint density at radius 2 is 1.71 bits per heavy atom. The number of nitrogens with zero attached hydrogens (tertiary/aromatic N) is 4. The first-order chi connectivity index (χ1) is 16.5. The number of hydrogen-bond donors (Lipinski definition) is 0.